The Hall–Kier alpha value is -3.75. The molecule has 0 saturated heterocycles. The molecule has 0 aliphatic rings. The Morgan fingerprint density at radius 1 is 1.14 bits per heavy atom. The van der Waals surface area contributed by atoms with Crippen LogP contribution in [0.15, 0.2) is 47.6 Å². The zero-order valence-corrected chi connectivity index (χ0v) is 16.3. The highest BCUT2D eigenvalue weighted by atomic mass is 16.6. The molecular weight excluding hydrogens is 376 g/mol. The topological polar surface area (TPSA) is 137 Å². The molecule has 0 aromatic heterocycles. The number of hydrazone groups is 1. The second kappa shape index (κ2) is 8.96. The summed E-state index contributed by atoms with van der Waals surface area (Å²) in [7, 11) is 0. The third-order valence-electron chi connectivity index (χ3n) is 4.01. The first kappa shape index (κ1) is 21.5. The van der Waals surface area contributed by atoms with Gasteiger partial charge in [0, 0.05) is 17.2 Å². The molecule has 0 heterocycles. The van der Waals surface area contributed by atoms with Crippen LogP contribution in [0.25, 0.3) is 0 Å². The van der Waals surface area contributed by atoms with E-state index >= 15 is 0 Å². The van der Waals surface area contributed by atoms with Gasteiger partial charge >= 0.3 is 0 Å². The normalized spacial score (nSPS) is 11.3. The summed E-state index contributed by atoms with van der Waals surface area (Å²) in [4.78, 5) is 33.9. The molecule has 0 spiro atoms. The lowest BCUT2D eigenvalue weighted by Gasteiger charge is -2.19. The minimum absolute atomic E-state index is 0.0265. The summed E-state index contributed by atoms with van der Waals surface area (Å²) in [5.41, 5.74) is 3.39. The molecule has 0 radical (unpaired) electrons. The van der Waals surface area contributed by atoms with Gasteiger partial charge in [-0.3, -0.25) is 19.7 Å². The van der Waals surface area contributed by atoms with E-state index in [-0.39, 0.29) is 17.5 Å². The van der Waals surface area contributed by atoms with Crippen LogP contribution in [-0.2, 0) is 10.2 Å². The highest BCUT2D eigenvalue weighted by molar-refractivity contribution is 5.96. The standard InChI is InChI=1S/C20H22N4O5/c1-20(2,3)15-7-5-14(6-8-15)19(27)21-12-18(26)23-22-11-13-4-9-17(25)16(10-13)24(28)29/h4-11,25H,12H2,1-3H3,(H,21,27)(H,23,26)/p-1/b22-11-. The van der Waals surface area contributed by atoms with E-state index in [1.807, 2.05) is 12.1 Å². The van der Waals surface area contributed by atoms with E-state index in [0.29, 0.717) is 5.56 Å². The number of hydrogen-bond acceptors (Lipinski definition) is 6. The smallest absolute Gasteiger partial charge is 0.262 e. The minimum Gasteiger partial charge on any atom is -0.868 e. The van der Waals surface area contributed by atoms with Crippen LogP contribution in [0.2, 0.25) is 0 Å². The van der Waals surface area contributed by atoms with Crippen molar-refractivity contribution >= 4 is 23.7 Å². The number of carbonyl (C=O) groups is 2. The van der Waals surface area contributed by atoms with Crippen molar-refractivity contribution in [3.63, 3.8) is 0 Å². The zero-order chi connectivity index (χ0) is 21.6. The van der Waals surface area contributed by atoms with Gasteiger partial charge in [0.05, 0.1) is 17.7 Å². The highest BCUT2D eigenvalue weighted by Gasteiger charge is 2.14. The number of carbonyl (C=O) groups excluding carboxylic acids is 2. The molecule has 0 unspecified atom stereocenters. The SMILES string of the molecule is CC(C)(C)c1ccc(C(=O)NCC(=O)N/N=C\c2ccc([O-])c([N+](=O)[O-])c2)cc1. The van der Waals surface area contributed by atoms with E-state index in [9.17, 15) is 24.8 Å². The highest BCUT2D eigenvalue weighted by Crippen LogP contribution is 2.23. The first-order valence-corrected chi connectivity index (χ1v) is 8.74. The Bertz CT molecular complexity index is 946. The average molecular weight is 397 g/mol. The van der Waals surface area contributed by atoms with Crippen molar-refractivity contribution in [2.24, 2.45) is 5.10 Å². The van der Waals surface area contributed by atoms with Gasteiger partial charge in [0.25, 0.3) is 17.5 Å². The van der Waals surface area contributed by atoms with Gasteiger partial charge in [-0.25, -0.2) is 5.43 Å². The van der Waals surface area contributed by atoms with Gasteiger partial charge in [-0.2, -0.15) is 5.10 Å². The molecule has 0 fully saturated rings. The number of rotatable bonds is 6. The van der Waals surface area contributed by atoms with Crippen LogP contribution in [0.1, 0.15) is 42.3 Å². The third kappa shape index (κ3) is 6.13. The molecular formula is C20H21N4O5-. The van der Waals surface area contributed by atoms with Gasteiger partial charge in [0.15, 0.2) is 0 Å². The van der Waals surface area contributed by atoms with Crippen molar-refractivity contribution in [2.45, 2.75) is 26.2 Å². The Morgan fingerprint density at radius 2 is 1.79 bits per heavy atom. The summed E-state index contributed by atoms with van der Waals surface area (Å²) in [5, 5.41) is 28.2. The molecule has 2 aromatic rings. The molecule has 0 atom stereocenters. The fourth-order valence-electron chi connectivity index (χ4n) is 2.36. The lowest BCUT2D eigenvalue weighted by atomic mass is 9.87. The Kier molecular flexibility index (Phi) is 6.66. The molecule has 2 rings (SSSR count). The van der Waals surface area contributed by atoms with Gasteiger partial charge in [0.1, 0.15) is 0 Å². The predicted octanol–water partition coefficient (Wildman–Crippen LogP) is 1.85. The molecule has 2 amide bonds. The van der Waals surface area contributed by atoms with Crippen molar-refractivity contribution in [3.05, 3.63) is 69.3 Å². The summed E-state index contributed by atoms with van der Waals surface area (Å²) in [6.45, 7) is 5.91. The quantitative estimate of drug-likeness (QED) is 0.435. The fourth-order valence-corrected chi connectivity index (χ4v) is 2.36. The summed E-state index contributed by atoms with van der Waals surface area (Å²) >= 11 is 0. The van der Waals surface area contributed by atoms with Gasteiger partial charge in [-0.05, 0) is 28.9 Å². The maximum Gasteiger partial charge on any atom is 0.262 e. The van der Waals surface area contributed by atoms with E-state index in [0.717, 1.165) is 23.9 Å². The van der Waals surface area contributed by atoms with Crippen LogP contribution < -0.4 is 15.8 Å². The second-order valence-corrected chi connectivity index (χ2v) is 7.29. The summed E-state index contributed by atoms with van der Waals surface area (Å²) in [6, 6.07) is 10.6. The van der Waals surface area contributed by atoms with Crippen molar-refractivity contribution in [1.29, 1.82) is 0 Å². The lowest BCUT2D eigenvalue weighted by molar-refractivity contribution is -0.398. The molecule has 9 heteroatoms. The van der Waals surface area contributed by atoms with E-state index < -0.39 is 28.2 Å². The van der Waals surface area contributed by atoms with Gasteiger partial charge in [0.2, 0.25) is 0 Å². The zero-order valence-electron chi connectivity index (χ0n) is 16.3. The van der Waals surface area contributed by atoms with Crippen molar-refractivity contribution in [2.75, 3.05) is 6.54 Å². The van der Waals surface area contributed by atoms with Crippen LogP contribution in [0, 0.1) is 10.1 Å². The van der Waals surface area contributed by atoms with Gasteiger partial charge < -0.3 is 10.4 Å². The Morgan fingerprint density at radius 3 is 2.38 bits per heavy atom. The molecule has 0 aliphatic heterocycles. The number of nitro benzene ring substituents is 1. The second-order valence-electron chi connectivity index (χ2n) is 7.29. The summed E-state index contributed by atoms with van der Waals surface area (Å²) in [5.74, 6) is -1.68. The fraction of sp³-hybridized carbons (Fsp3) is 0.250. The first-order chi connectivity index (χ1) is 13.6. The number of nitrogens with one attached hydrogen (secondary N) is 2. The number of benzene rings is 2. The number of amides is 2. The summed E-state index contributed by atoms with van der Waals surface area (Å²) < 4.78 is 0. The van der Waals surface area contributed by atoms with Crippen molar-refractivity contribution < 1.29 is 19.6 Å². The Balaban J connectivity index is 1.87. The molecule has 9 nitrogen and oxygen atoms in total. The van der Waals surface area contributed by atoms with Gasteiger partial charge in [-0.15, -0.1) is 0 Å². The van der Waals surface area contributed by atoms with Gasteiger partial charge in [-0.1, -0.05) is 45.0 Å². The molecule has 2 N–H and O–H groups in total. The lowest BCUT2D eigenvalue weighted by Crippen LogP contribution is -2.34. The van der Waals surface area contributed by atoms with Crippen LogP contribution >= 0.6 is 0 Å². The van der Waals surface area contributed by atoms with E-state index in [1.54, 1.807) is 12.1 Å². The number of nitro groups is 1. The van der Waals surface area contributed by atoms with Crippen LogP contribution in [0.5, 0.6) is 5.75 Å². The van der Waals surface area contributed by atoms with E-state index in [4.69, 9.17) is 0 Å². The summed E-state index contributed by atoms with van der Waals surface area (Å²) in [6.07, 6.45) is 1.16. The first-order valence-electron chi connectivity index (χ1n) is 8.74. The van der Waals surface area contributed by atoms with Crippen LogP contribution in [0.4, 0.5) is 5.69 Å². The largest absolute Gasteiger partial charge is 0.868 e. The van der Waals surface area contributed by atoms with Crippen molar-refractivity contribution in [1.82, 2.24) is 10.7 Å². The van der Waals surface area contributed by atoms with Crippen LogP contribution in [0.3, 0.4) is 0 Å². The monoisotopic (exact) mass is 397 g/mol. The Labute approximate surface area is 167 Å². The predicted molar refractivity (Wildman–Crippen MR) is 106 cm³/mol. The maximum atomic E-state index is 12.1. The molecule has 0 saturated carbocycles. The van der Waals surface area contributed by atoms with Crippen molar-refractivity contribution in [3.8, 4) is 5.75 Å². The average Bonchev–Trinajstić information content (AvgIpc) is 2.66. The van der Waals surface area contributed by atoms with E-state index in [2.05, 4.69) is 36.6 Å². The molecule has 0 aliphatic carbocycles. The third-order valence-corrected chi connectivity index (χ3v) is 4.01. The van der Waals surface area contributed by atoms with E-state index in [1.165, 1.54) is 6.07 Å². The minimum atomic E-state index is -0.790. The number of hydrogen-bond donors (Lipinski definition) is 2. The maximum absolute atomic E-state index is 12.1. The van der Waals surface area contributed by atoms with Crippen LogP contribution in [-0.4, -0.2) is 29.5 Å². The molecule has 0 bridgehead atoms. The molecule has 29 heavy (non-hydrogen) atoms. The molecule has 152 valence electrons. The molecule has 2 aromatic carbocycles. The number of nitrogens with zero attached hydrogens (tertiary/aromatic N) is 2.